The molecule has 0 radical (unpaired) electrons. The second kappa shape index (κ2) is 8.05. The lowest BCUT2D eigenvalue weighted by molar-refractivity contribution is 0.214. The van der Waals surface area contributed by atoms with Crippen molar-refractivity contribution in [3.05, 3.63) is 52.7 Å². The SMILES string of the molecule is CCN(C)/C=N/c1cc(C)c(O[C@H](C)c2cc(F)cc(F)c2)nc1C. The van der Waals surface area contributed by atoms with Gasteiger partial charge in [0.2, 0.25) is 5.88 Å². The number of aryl methyl sites for hydroxylation is 2. The Morgan fingerprint density at radius 1 is 1.20 bits per heavy atom. The topological polar surface area (TPSA) is 37.7 Å². The van der Waals surface area contributed by atoms with Crippen molar-refractivity contribution in [3.8, 4) is 5.88 Å². The van der Waals surface area contributed by atoms with Gasteiger partial charge in [-0.3, -0.25) is 0 Å². The molecule has 6 heteroatoms. The first-order valence-electron chi connectivity index (χ1n) is 8.15. The number of pyridine rings is 1. The number of hydrogen-bond acceptors (Lipinski definition) is 3. The molecule has 4 nitrogen and oxygen atoms in total. The molecular formula is C19H23F2N3O. The van der Waals surface area contributed by atoms with E-state index in [4.69, 9.17) is 4.74 Å². The van der Waals surface area contributed by atoms with Crippen molar-refractivity contribution in [2.75, 3.05) is 13.6 Å². The Morgan fingerprint density at radius 3 is 2.44 bits per heavy atom. The van der Waals surface area contributed by atoms with Crippen LogP contribution in [0.5, 0.6) is 5.88 Å². The van der Waals surface area contributed by atoms with Gasteiger partial charge in [-0.2, -0.15) is 0 Å². The second-order valence-corrected chi connectivity index (χ2v) is 6.00. The Bertz CT molecular complexity index is 757. The van der Waals surface area contributed by atoms with E-state index >= 15 is 0 Å². The highest BCUT2D eigenvalue weighted by Gasteiger charge is 2.14. The maximum atomic E-state index is 13.4. The van der Waals surface area contributed by atoms with E-state index in [1.165, 1.54) is 12.1 Å². The first-order valence-corrected chi connectivity index (χ1v) is 8.15. The summed E-state index contributed by atoms with van der Waals surface area (Å²) in [5.74, 6) is -0.829. The predicted molar refractivity (Wildman–Crippen MR) is 95.6 cm³/mol. The molecule has 0 amide bonds. The van der Waals surface area contributed by atoms with Gasteiger partial charge in [0.1, 0.15) is 17.7 Å². The lowest BCUT2D eigenvalue weighted by Gasteiger charge is -2.17. The summed E-state index contributed by atoms with van der Waals surface area (Å²) in [6.07, 6.45) is 1.22. The van der Waals surface area contributed by atoms with Crippen LogP contribution in [0.4, 0.5) is 14.5 Å². The van der Waals surface area contributed by atoms with Crippen LogP contribution in [0.1, 0.15) is 36.8 Å². The fourth-order valence-corrected chi connectivity index (χ4v) is 2.21. The van der Waals surface area contributed by atoms with Crippen molar-refractivity contribution in [1.82, 2.24) is 9.88 Å². The average molecular weight is 347 g/mol. The van der Waals surface area contributed by atoms with Gasteiger partial charge < -0.3 is 9.64 Å². The van der Waals surface area contributed by atoms with Crippen LogP contribution in [0.2, 0.25) is 0 Å². The van der Waals surface area contributed by atoms with Crippen LogP contribution in [-0.4, -0.2) is 29.8 Å². The first-order chi connectivity index (χ1) is 11.8. The Balaban J connectivity index is 2.22. The fourth-order valence-electron chi connectivity index (χ4n) is 2.21. The fraction of sp³-hybridized carbons (Fsp3) is 0.368. The van der Waals surface area contributed by atoms with E-state index in [0.717, 1.165) is 29.6 Å². The normalized spacial score (nSPS) is 12.4. The van der Waals surface area contributed by atoms with Gasteiger partial charge in [0.25, 0.3) is 0 Å². The molecule has 2 aromatic rings. The predicted octanol–water partition coefficient (Wildman–Crippen LogP) is 4.73. The smallest absolute Gasteiger partial charge is 0.217 e. The highest BCUT2D eigenvalue weighted by atomic mass is 19.1. The van der Waals surface area contributed by atoms with Crippen LogP contribution in [-0.2, 0) is 0 Å². The maximum Gasteiger partial charge on any atom is 0.217 e. The Morgan fingerprint density at radius 2 is 1.84 bits per heavy atom. The zero-order valence-corrected chi connectivity index (χ0v) is 15.2. The number of aromatic nitrogens is 1. The third-order valence-corrected chi connectivity index (χ3v) is 3.87. The van der Waals surface area contributed by atoms with E-state index < -0.39 is 17.7 Å². The molecule has 0 N–H and O–H groups in total. The summed E-state index contributed by atoms with van der Waals surface area (Å²) in [5, 5.41) is 0. The molecule has 0 spiro atoms. The quantitative estimate of drug-likeness (QED) is 0.560. The zero-order chi connectivity index (χ0) is 18.6. The number of ether oxygens (including phenoxy) is 1. The largest absolute Gasteiger partial charge is 0.470 e. The van der Waals surface area contributed by atoms with Gasteiger partial charge >= 0.3 is 0 Å². The number of benzene rings is 1. The molecule has 0 bridgehead atoms. The molecule has 0 saturated heterocycles. The van der Waals surface area contributed by atoms with E-state index in [0.29, 0.717) is 11.4 Å². The minimum atomic E-state index is -0.629. The Kier molecular flexibility index (Phi) is 6.07. The minimum absolute atomic E-state index is 0.419. The monoisotopic (exact) mass is 347 g/mol. The molecule has 1 heterocycles. The van der Waals surface area contributed by atoms with Gasteiger partial charge in [0.15, 0.2) is 0 Å². The summed E-state index contributed by atoms with van der Waals surface area (Å²) in [6.45, 7) is 8.33. The van der Waals surface area contributed by atoms with E-state index in [9.17, 15) is 8.78 Å². The molecule has 134 valence electrons. The number of rotatable bonds is 6. The van der Waals surface area contributed by atoms with Crippen LogP contribution >= 0.6 is 0 Å². The van der Waals surface area contributed by atoms with Crippen LogP contribution in [0, 0.1) is 25.5 Å². The van der Waals surface area contributed by atoms with Gasteiger partial charge in [0.05, 0.1) is 17.7 Å². The summed E-state index contributed by atoms with van der Waals surface area (Å²) < 4.78 is 32.6. The third kappa shape index (κ3) is 4.98. The molecule has 0 aliphatic carbocycles. The zero-order valence-electron chi connectivity index (χ0n) is 15.2. The molecule has 1 aromatic carbocycles. The highest BCUT2D eigenvalue weighted by molar-refractivity contribution is 5.62. The molecule has 0 aliphatic rings. The maximum absolute atomic E-state index is 13.4. The summed E-state index contributed by atoms with van der Waals surface area (Å²) in [6, 6.07) is 5.24. The minimum Gasteiger partial charge on any atom is -0.470 e. The highest BCUT2D eigenvalue weighted by Crippen LogP contribution is 2.28. The second-order valence-electron chi connectivity index (χ2n) is 6.00. The van der Waals surface area contributed by atoms with Gasteiger partial charge in [0, 0.05) is 25.2 Å². The van der Waals surface area contributed by atoms with Gasteiger partial charge in [-0.05, 0) is 51.5 Å². The van der Waals surface area contributed by atoms with Crippen LogP contribution in [0.25, 0.3) is 0 Å². The molecule has 0 saturated carbocycles. The van der Waals surface area contributed by atoms with Crippen molar-refractivity contribution in [1.29, 1.82) is 0 Å². The lowest BCUT2D eigenvalue weighted by Crippen LogP contribution is -2.14. The number of aliphatic imine (C=N–C) groups is 1. The number of nitrogens with zero attached hydrogens (tertiary/aromatic N) is 3. The molecule has 2 rings (SSSR count). The van der Waals surface area contributed by atoms with Crippen molar-refractivity contribution in [2.24, 2.45) is 4.99 Å². The van der Waals surface area contributed by atoms with E-state index in [2.05, 4.69) is 9.98 Å². The number of hydrogen-bond donors (Lipinski definition) is 0. The summed E-state index contributed by atoms with van der Waals surface area (Å²) >= 11 is 0. The van der Waals surface area contributed by atoms with E-state index in [-0.39, 0.29) is 0 Å². The molecule has 25 heavy (non-hydrogen) atoms. The van der Waals surface area contributed by atoms with E-state index in [1.54, 1.807) is 13.3 Å². The van der Waals surface area contributed by atoms with Gasteiger partial charge in [-0.15, -0.1) is 0 Å². The standard InChI is InChI=1S/C19H23F2N3O/c1-6-24(5)11-22-18-7-12(2)19(23-13(18)3)25-14(4)15-8-16(20)10-17(21)9-15/h7-11,14H,6H2,1-5H3/b22-11+/t14-/m1/s1. The summed E-state index contributed by atoms with van der Waals surface area (Å²) in [5.41, 5.74) is 2.71. The van der Waals surface area contributed by atoms with Gasteiger partial charge in [-0.1, -0.05) is 0 Å². The summed E-state index contributed by atoms with van der Waals surface area (Å²) in [7, 11) is 1.94. The number of halogens is 2. The summed E-state index contributed by atoms with van der Waals surface area (Å²) in [4.78, 5) is 10.8. The lowest BCUT2D eigenvalue weighted by atomic mass is 10.1. The molecular weight excluding hydrogens is 324 g/mol. The molecule has 0 aliphatic heterocycles. The van der Waals surface area contributed by atoms with Crippen LogP contribution in [0.15, 0.2) is 29.3 Å². The van der Waals surface area contributed by atoms with Gasteiger partial charge in [-0.25, -0.2) is 18.8 Å². The van der Waals surface area contributed by atoms with Crippen molar-refractivity contribution >= 4 is 12.0 Å². The van der Waals surface area contributed by atoms with Crippen molar-refractivity contribution < 1.29 is 13.5 Å². The molecule has 0 unspecified atom stereocenters. The third-order valence-electron chi connectivity index (χ3n) is 3.87. The Labute approximate surface area is 147 Å². The molecule has 1 aromatic heterocycles. The first kappa shape index (κ1) is 18.8. The van der Waals surface area contributed by atoms with E-state index in [1.807, 2.05) is 38.8 Å². The van der Waals surface area contributed by atoms with Crippen LogP contribution < -0.4 is 4.74 Å². The van der Waals surface area contributed by atoms with Crippen LogP contribution in [0.3, 0.4) is 0 Å². The van der Waals surface area contributed by atoms with Crippen molar-refractivity contribution in [2.45, 2.75) is 33.8 Å². The molecule has 1 atom stereocenters. The molecule has 0 fully saturated rings. The van der Waals surface area contributed by atoms with Crippen molar-refractivity contribution in [3.63, 3.8) is 0 Å². The Hall–Kier alpha value is -2.50. The average Bonchev–Trinajstić information content (AvgIpc) is 2.55.